The van der Waals surface area contributed by atoms with Crippen LogP contribution in [0.2, 0.25) is 0 Å². The van der Waals surface area contributed by atoms with Crippen LogP contribution in [0.15, 0.2) is 66.7 Å². The molecular formula is C23H26N4. The van der Waals surface area contributed by atoms with Crippen LogP contribution in [-0.4, -0.2) is 22.6 Å². The second kappa shape index (κ2) is 8.67. The second-order valence-electron chi connectivity index (χ2n) is 7.12. The van der Waals surface area contributed by atoms with Gasteiger partial charge >= 0.3 is 0 Å². The van der Waals surface area contributed by atoms with Crippen LogP contribution >= 0.6 is 0 Å². The molecule has 0 aliphatic heterocycles. The van der Waals surface area contributed by atoms with Crippen molar-refractivity contribution >= 4 is 11.8 Å². The lowest BCUT2D eigenvalue weighted by Gasteiger charge is -2.15. The van der Waals surface area contributed by atoms with E-state index in [2.05, 4.69) is 53.1 Å². The zero-order valence-corrected chi connectivity index (χ0v) is 15.6. The zero-order valence-electron chi connectivity index (χ0n) is 15.6. The molecule has 1 saturated carbocycles. The fourth-order valence-electron chi connectivity index (χ4n) is 3.59. The summed E-state index contributed by atoms with van der Waals surface area (Å²) in [5.41, 5.74) is 3.39. The highest BCUT2D eigenvalue weighted by molar-refractivity contribution is 5.64. The average molecular weight is 358 g/mol. The van der Waals surface area contributed by atoms with Crippen LogP contribution in [-0.2, 0) is 6.42 Å². The van der Waals surface area contributed by atoms with Gasteiger partial charge in [-0.05, 0) is 24.8 Å². The Hall–Kier alpha value is -2.88. The molecule has 2 aromatic carbocycles. The van der Waals surface area contributed by atoms with Gasteiger partial charge in [0.05, 0.1) is 5.69 Å². The van der Waals surface area contributed by atoms with E-state index in [1.165, 1.54) is 31.2 Å². The molecule has 0 amide bonds. The normalized spacial score (nSPS) is 14.2. The molecule has 1 aliphatic rings. The molecule has 4 heteroatoms. The number of anilines is 2. The van der Waals surface area contributed by atoms with Gasteiger partial charge in [0.1, 0.15) is 5.82 Å². The van der Waals surface area contributed by atoms with Gasteiger partial charge in [0.2, 0.25) is 5.95 Å². The highest BCUT2D eigenvalue weighted by Gasteiger charge is 2.16. The lowest BCUT2D eigenvalue weighted by atomic mass is 10.1. The molecule has 138 valence electrons. The lowest BCUT2D eigenvalue weighted by Crippen LogP contribution is -2.17. The van der Waals surface area contributed by atoms with Crippen molar-refractivity contribution in [3.63, 3.8) is 0 Å². The van der Waals surface area contributed by atoms with Gasteiger partial charge in [-0.15, -0.1) is 0 Å². The van der Waals surface area contributed by atoms with E-state index in [-0.39, 0.29) is 0 Å². The first-order valence-electron chi connectivity index (χ1n) is 9.86. The number of nitrogens with one attached hydrogen (secondary N) is 2. The zero-order chi connectivity index (χ0) is 18.3. The molecule has 1 aliphatic carbocycles. The Bertz CT molecular complexity index is 843. The first kappa shape index (κ1) is 17.5. The molecule has 0 atom stereocenters. The average Bonchev–Trinajstić information content (AvgIpc) is 3.22. The van der Waals surface area contributed by atoms with Crippen molar-refractivity contribution in [2.75, 3.05) is 17.2 Å². The predicted molar refractivity (Wildman–Crippen MR) is 112 cm³/mol. The third-order valence-electron chi connectivity index (χ3n) is 5.05. The molecule has 0 spiro atoms. The Morgan fingerprint density at radius 3 is 2.30 bits per heavy atom. The molecule has 2 N–H and O–H groups in total. The third-order valence-corrected chi connectivity index (χ3v) is 5.05. The van der Waals surface area contributed by atoms with E-state index in [0.717, 1.165) is 36.0 Å². The SMILES string of the molecule is c1ccc(CCNc2cc(-c3ccccc3)nc(NC3CCCC3)n2)cc1. The standard InChI is InChI=1S/C23H26N4/c1-3-9-18(10-4-1)15-16-24-22-17-21(19-11-5-2-6-12-19)26-23(27-22)25-20-13-7-8-14-20/h1-6,9-12,17,20H,7-8,13-16H2,(H2,24,25,26,27). The lowest BCUT2D eigenvalue weighted by molar-refractivity contribution is 0.744. The molecule has 0 bridgehead atoms. The van der Waals surface area contributed by atoms with Crippen molar-refractivity contribution in [2.45, 2.75) is 38.1 Å². The summed E-state index contributed by atoms with van der Waals surface area (Å²) in [5.74, 6) is 1.60. The molecule has 3 aromatic rings. The Morgan fingerprint density at radius 2 is 1.56 bits per heavy atom. The highest BCUT2D eigenvalue weighted by atomic mass is 15.2. The highest BCUT2D eigenvalue weighted by Crippen LogP contribution is 2.24. The third kappa shape index (κ3) is 4.85. The summed E-state index contributed by atoms with van der Waals surface area (Å²) in [6.07, 6.45) is 5.96. The molecule has 4 rings (SSSR count). The van der Waals surface area contributed by atoms with Crippen LogP contribution in [0.5, 0.6) is 0 Å². The van der Waals surface area contributed by atoms with E-state index in [9.17, 15) is 0 Å². The van der Waals surface area contributed by atoms with Crippen LogP contribution in [0.25, 0.3) is 11.3 Å². The van der Waals surface area contributed by atoms with E-state index in [1.54, 1.807) is 0 Å². The fourth-order valence-corrected chi connectivity index (χ4v) is 3.59. The summed E-state index contributed by atoms with van der Waals surface area (Å²) in [7, 11) is 0. The summed E-state index contributed by atoms with van der Waals surface area (Å²) in [6, 6.07) is 23.4. The van der Waals surface area contributed by atoms with E-state index < -0.39 is 0 Å². The largest absolute Gasteiger partial charge is 0.370 e. The predicted octanol–water partition coefficient (Wildman–Crippen LogP) is 5.15. The molecule has 0 radical (unpaired) electrons. The molecule has 0 saturated heterocycles. The van der Waals surface area contributed by atoms with Crippen molar-refractivity contribution in [1.82, 2.24) is 9.97 Å². The minimum absolute atomic E-state index is 0.494. The Kier molecular flexibility index (Phi) is 5.63. The van der Waals surface area contributed by atoms with Gasteiger partial charge in [0, 0.05) is 24.2 Å². The maximum Gasteiger partial charge on any atom is 0.225 e. The molecule has 4 nitrogen and oxygen atoms in total. The van der Waals surface area contributed by atoms with Gasteiger partial charge in [-0.1, -0.05) is 73.5 Å². The van der Waals surface area contributed by atoms with Gasteiger partial charge in [0.15, 0.2) is 0 Å². The first-order valence-corrected chi connectivity index (χ1v) is 9.86. The number of hydrogen-bond donors (Lipinski definition) is 2. The maximum atomic E-state index is 4.77. The molecule has 1 heterocycles. The van der Waals surface area contributed by atoms with Gasteiger partial charge in [-0.2, -0.15) is 4.98 Å². The van der Waals surface area contributed by atoms with Crippen LogP contribution in [0.3, 0.4) is 0 Å². The molecule has 27 heavy (non-hydrogen) atoms. The number of rotatable bonds is 7. The minimum Gasteiger partial charge on any atom is -0.370 e. The van der Waals surface area contributed by atoms with Crippen molar-refractivity contribution in [2.24, 2.45) is 0 Å². The summed E-state index contributed by atoms with van der Waals surface area (Å²) in [5, 5.41) is 7.01. The number of aromatic nitrogens is 2. The summed E-state index contributed by atoms with van der Waals surface area (Å²) >= 11 is 0. The minimum atomic E-state index is 0.494. The van der Waals surface area contributed by atoms with E-state index >= 15 is 0 Å². The van der Waals surface area contributed by atoms with Gasteiger partial charge in [-0.3, -0.25) is 0 Å². The quantitative estimate of drug-likeness (QED) is 0.613. The smallest absolute Gasteiger partial charge is 0.225 e. The van der Waals surface area contributed by atoms with Crippen molar-refractivity contribution < 1.29 is 0 Å². The Balaban J connectivity index is 1.51. The summed E-state index contributed by atoms with van der Waals surface area (Å²) in [4.78, 5) is 9.49. The van der Waals surface area contributed by atoms with Crippen molar-refractivity contribution in [3.05, 3.63) is 72.3 Å². The fraction of sp³-hybridized carbons (Fsp3) is 0.304. The Labute approximate surface area is 161 Å². The van der Waals surface area contributed by atoms with Gasteiger partial charge < -0.3 is 10.6 Å². The molecule has 0 unspecified atom stereocenters. The molecule has 1 aromatic heterocycles. The second-order valence-corrected chi connectivity index (χ2v) is 7.12. The van der Waals surface area contributed by atoms with Crippen LogP contribution in [0.4, 0.5) is 11.8 Å². The molecular weight excluding hydrogens is 332 g/mol. The van der Waals surface area contributed by atoms with Gasteiger partial charge in [-0.25, -0.2) is 4.98 Å². The van der Waals surface area contributed by atoms with Crippen molar-refractivity contribution in [3.8, 4) is 11.3 Å². The molecule has 1 fully saturated rings. The topological polar surface area (TPSA) is 49.8 Å². The summed E-state index contributed by atoms with van der Waals surface area (Å²) < 4.78 is 0. The monoisotopic (exact) mass is 358 g/mol. The van der Waals surface area contributed by atoms with Crippen molar-refractivity contribution in [1.29, 1.82) is 0 Å². The van der Waals surface area contributed by atoms with Crippen LogP contribution in [0.1, 0.15) is 31.2 Å². The number of nitrogens with zero attached hydrogens (tertiary/aromatic N) is 2. The first-order chi connectivity index (χ1) is 13.4. The van der Waals surface area contributed by atoms with E-state index in [4.69, 9.17) is 9.97 Å². The van der Waals surface area contributed by atoms with E-state index in [1.807, 2.05) is 24.3 Å². The Morgan fingerprint density at radius 1 is 0.852 bits per heavy atom. The van der Waals surface area contributed by atoms with Crippen LogP contribution in [0, 0.1) is 0 Å². The number of benzene rings is 2. The van der Waals surface area contributed by atoms with E-state index in [0.29, 0.717) is 6.04 Å². The summed E-state index contributed by atoms with van der Waals surface area (Å²) in [6.45, 7) is 0.845. The maximum absolute atomic E-state index is 4.77. The van der Waals surface area contributed by atoms with Crippen LogP contribution < -0.4 is 10.6 Å². The van der Waals surface area contributed by atoms with Gasteiger partial charge in [0.25, 0.3) is 0 Å². The number of hydrogen-bond acceptors (Lipinski definition) is 4.